The van der Waals surface area contributed by atoms with E-state index in [2.05, 4.69) is 12.2 Å². The molecule has 0 bridgehead atoms. The minimum Gasteiger partial charge on any atom is -0.398 e. The summed E-state index contributed by atoms with van der Waals surface area (Å²) < 4.78 is 5.07. The fourth-order valence-corrected chi connectivity index (χ4v) is 1.95. The summed E-state index contributed by atoms with van der Waals surface area (Å²) in [6, 6.07) is 5.02. The summed E-state index contributed by atoms with van der Waals surface area (Å²) in [7, 11) is 1.61. The van der Waals surface area contributed by atoms with Gasteiger partial charge in [0.1, 0.15) is 0 Å². The zero-order valence-corrected chi connectivity index (χ0v) is 11.5. The van der Waals surface area contributed by atoms with Crippen molar-refractivity contribution in [2.24, 2.45) is 0 Å². The first-order valence-corrected chi connectivity index (χ1v) is 6.31. The van der Waals surface area contributed by atoms with Crippen molar-refractivity contribution in [3.8, 4) is 0 Å². The Morgan fingerprint density at radius 1 is 1.56 bits per heavy atom. The maximum absolute atomic E-state index is 12.1. The molecule has 1 amide bonds. The quantitative estimate of drug-likeness (QED) is 0.781. The summed E-state index contributed by atoms with van der Waals surface area (Å²) in [5.41, 5.74) is 6.47. The molecule has 0 aliphatic heterocycles. The molecule has 0 saturated heterocycles. The fourth-order valence-electron chi connectivity index (χ4n) is 1.74. The first-order valence-electron chi connectivity index (χ1n) is 5.94. The molecule has 0 radical (unpaired) electrons. The first-order chi connectivity index (χ1) is 8.60. The largest absolute Gasteiger partial charge is 0.398 e. The monoisotopic (exact) mass is 270 g/mol. The van der Waals surface area contributed by atoms with E-state index in [-0.39, 0.29) is 11.9 Å². The molecule has 0 fully saturated rings. The third-order valence-electron chi connectivity index (χ3n) is 2.61. The lowest BCUT2D eigenvalue weighted by Gasteiger charge is -2.17. The Bertz CT molecular complexity index is 404. The predicted octanol–water partition coefficient (Wildman–Crippen LogP) is 2.47. The van der Waals surface area contributed by atoms with Gasteiger partial charge in [0.25, 0.3) is 5.91 Å². The average molecular weight is 271 g/mol. The number of nitrogens with one attached hydrogen (secondary N) is 1. The van der Waals surface area contributed by atoms with Gasteiger partial charge in [0, 0.05) is 7.11 Å². The van der Waals surface area contributed by atoms with Gasteiger partial charge in [-0.3, -0.25) is 4.79 Å². The molecule has 1 rings (SSSR count). The predicted molar refractivity (Wildman–Crippen MR) is 73.9 cm³/mol. The molecule has 18 heavy (non-hydrogen) atoms. The number of nitrogen functional groups attached to an aromatic ring is 1. The average Bonchev–Trinajstić information content (AvgIpc) is 2.33. The van der Waals surface area contributed by atoms with Crippen molar-refractivity contribution in [1.82, 2.24) is 5.32 Å². The van der Waals surface area contributed by atoms with Crippen molar-refractivity contribution < 1.29 is 9.53 Å². The van der Waals surface area contributed by atoms with Crippen LogP contribution in [0.1, 0.15) is 30.1 Å². The highest BCUT2D eigenvalue weighted by molar-refractivity contribution is 6.36. The number of nitrogens with two attached hydrogens (primary N) is 1. The van der Waals surface area contributed by atoms with E-state index < -0.39 is 0 Å². The number of hydrogen-bond acceptors (Lipinski definition) is 3. The molecule has 0 heterocycles. The van der Waals surface area contributed by atoms with Crippen molar-refractivity contribution in [3.05, 3.63) is 28.8 Å². The minimum atomic E-state index is -0.220. The molecule has 0 spiro atoms. The van der Waals surface area contributed by atoms with Crippen molar-refractivity contribution >= 4 is 23.2 Å². The van der Waals surface area contributed by atoms with E-state index in [0.717, 1.165) is 12.8 Å². The van der Waals surface area contributed by atoms with Gasteiger partial charge in [-0.1, -0.05) is 31.0 Å². The van der Waals surface area contributed by atoms with E-state index in [1.807, 2.05) is 0 Å². The van der Waals surface area contributed by atoms with E-state index >= 15 is 0 Å². The highest BCUT2D eigenvalue weighted by atomic mass is 35.5. The molecular weight excluding hydrogens is 252 g/mol. The zero-order valence-electron chi connectivity index (χ0n) is 10.7. The molecule has 4 nitrogen and oxygen atoms in total. The fraction of sp³-hybridized carbons (Fsp3) is 0.462. The van der Waals surface area contributed by atoms with Gasteiger partial charge < -0.3 is 15.8 Å². The number of hydrogen-bond donors (Lipinski definition) is 2. The van der Waals surface area contributed by atoms with Gasteiger partial charge >= 0.3 is 0 Å². The number of benzene rings is 1. The van der Waals surface area contributed by atoms with Gasteiger partial charge in [0.05, 0.1) is 28.9 Å². The third kappa shape index (κ3) is 3.89. The number of ether oxygens (including phenoxy) is 1. The Labute approximate surface area is 112 Å². The molecule has 0 aliphatic carbocycles. The SMILES string of the molecule is CCCC(COC)NC(=O)c1cccc(N)c1Cl. The number of carbonyl (C=O) groups excluding carboxylic acids is 1. The Balaban J connectivity index is 2.77. The van der Waals surface area contributed by atoms with Crippen molar-refractivity contribution in [2.45, 2.75) is 25.8 Å². The smallest absolute Gasteiger partial charge is 0.253 e. The Kier molecular flexibility index (Phi) is 5.95. The van der Waals surface area contributed by atoms with E-state index in [1.54, 1.807) is 25.3 Å². The summed E-state index contributed by atoms with van der Waals surface area (Å²) in [5.74, 6) is -0.220. The molecule has 3 N–H and O–H groups in total. The van der Waals surface area contributed by atoms with E-state index in [4.69, 9.17) is 22.1 Å². The van der Waals surface area contributed by atoms with Crippen LogP contribution in [0, 0.1) is 0 Å². The number of amides is 1. The molecular formula is C13H19ClN2O2. The van der Waals surface area contributed by atoms with Crippen LogP contribution in [0.4, 0.5) is 5.69 Å². The third-order valence-corrected chi connectivity index (χ3v) is 3.04. The number of carbonyl (C=O) groups is 1. The van der Waals surface area contributed by atoms with Gasteiger partial charge in [-0.25, -0.2) is 0 Å². The van der Waals surface area contributed by atoms with Crippen molar-refractivity contribution in [3.63, 3.8) is 0 Å². The summed E-state index contributed by atoms with van der Waals surface area (Å²) >= 11 is 6.01. The molecule has 1 aromatic rings. The maximum atomic E-state index is 12.1. The number of methoxy groups -OCH3 is 1. The number of rotatable bonds is 6. The molecule has 1 aromatic carbocycles. The van der Waals surface area contributed by atoms with Gasteiger partial charge in [0.15, 0.2) is 0 Å². The normalized spacial score (nSPS) is 12.2. The van der Waals surface area contributed by atoms with Crippen LogP contribution in [-0.4, -0.2) is 25.7 Å². The topological polar surface area (TPSA) is 64.3 Å². The summed E-state index contributed by atoms with van der Waals surface area (Å²) in [5, 5.41) is 3.19. The molecule has 5 heteroatoms. The van der Waals surface area contributed by atoms with Gasteiger partial charge in [-0.2, -0.15) is 0 Å². The lowest BCUT2D eigenvalue weighted by Crippen LogP contribution is -2.38. The zero-order chi connectivity index (χ0) is 13.5. The van der Waals surface area contributed by atoms with Crippen LogP contribution in [0.15, 0.2) is 18.2 Å². The molecule has 1 atom stereocenters. The van der Waals surface area contributed by atoms with Gasteiger partial charge in [-0.05, 0) is 18.6 Å². The second kappa shape index (κ2) is 7.24. The number of halogens is 1. The van der Waals surface area contributed by atoms with Gasteiger partial charge in [0.2, 0.25) is 0 Å². The van der Waals surface area contributed by atoms with Crippen LogP contribution in [0.2, 0.25) is 5.02 Å². The van der Waals surface area contributed by atoms with Gasteiger partial charge in [-0.15, -0.1) is 0 Å². The maximum Gasteiger partial charge on any atom is 0.253 e. The summed E-state index contributed by atoms with van der Waals surface area (Å²) in [6.45, 7) is 2.54. The molecule has 1 unspecified atom stereocenters. The van der Waals surface area contributed by atoms with Crippen LogP contribution in [0.3, 0.4) is 0 Å². The van der Waals surface area contributed by atoms with Crippen LogP contribution in [0.5, 0.6) is 0 Å². The summed E-state index contributed by atoms with van der Waals surface area (Å²) in [4.78, 5) is 12.1. The summed E-state index contributed by atoms with van der Waals surface area (Å²) in [6.07, 6.45) is 1.83. The Morgan fingerprint density at radius 2 is 2.28 bits per heavy atom. The molecule has 0 aliphatic rings. The number of anilines is 1. The van der Waals surface area contributed by atoms with Crippen molar-refractivity contribution in [1.29, 1.82) is 0 Å². The lowest BCUT2D eigenvalue weighted by molar-refractivity contribution is 0.0892. The van der Waals surface area contributed by atoms with Crippen LogP contribution < -0.4 is 11.1 Å². The minimum absolute atomic E-state index is 0.00926. The van der Waals surface area contributed by atoms with Crippen molar-refractivity contribution in [2.75, 3.05) is 19.5 Å². The molecule has 100 valence electrons. The van der Waals surface area contributed by atoms with Crippen LogP contribution in [-0.2, 0) is 4.74 Å². The highest BCUT2D eigenvalue weighted by Gasteiger charge is 2.16. The first kappa shape index (κ1) is 14.8. The molecule has 0 aromatic heterocycles. The second-order valence-corrected chi connectivity index (χ2v) is 4.50. The lowest BCUT2D eigenvalue weighted by atomic mass is 10.1. The highest BCUT2D eigenvalue weighted by Crippen LogP contribution is 2.23. The Hall–Kier alpha value is -1.26. The van der Waals surface area contributed by atoms with E-state index in [0.29, 0.717) is 22.9 Å². The second-order valence-electron chi connectivity index (χ2n) is 4.12. The Morgan fingerprint density at radius 3 is 2.89 bits per heavy atom. The van der Waals surface area contributed by atoms with Crippen LogP contribution in [0.25, 0.3) is 0 Å². The van der Waals surface area contributed by atoms with E-state index in [1.165, 1.54) is 0 Å². The van der Waals surface area contributed by atoms with E-state index in [9.17, 15) is 4.79 Å². The van der Waals surface area contributed by atoms with Crippen LogP contribution >= 0.6 is 11.6 Å². The molecule has 0 saturated carbocycles. The standard InChI is InChI=1S/C13H19ClN2O2/c1-3-5-9(8-18-2)16-13(17)10-6-4-7-11(15)12(10)14/h4,6-7,9H,3,5,8,15H2,1-2H3,(H,16,17).